The molecule has 0 saturated heterocycles. The molecule has 1 aliphatic heterocycles. The summed E-state index contributed by atoms with van der Waals surface area (Å²) in [5.41, 5.74) is 3.77. The SMILES string of the molecule is CCCNc1cc(C)nc(CN2CCc3ccccc32)n1. The molecule has 0 spiro atoms. The first-order chi connectivity index (χ1) is 10.3. The van der Waals surface area contributed by atoms with Gasteiger partial charge in [-0.15, -0.1) is 0 Å². The molecule has 1 N–H and O–H groups in total. The van der Waals surface area contributed by atoms with E-state index in [1.165, 1.54) is 11.3 Å². The predicted molar refractivity (Wildman–Crippen MR) is 86.7 cm³/mol. The molecule has 1 aliphatic rings. The standard InChI is InChI=1S/C17H22N4/c1-3-9-18-16-11-13(2)19-17(20-16)12-21-10-8-14-6-4-5-7-15(14)21/h4-7,11H,3,8-10,12H2,1-2H3,(H,18,19,20). The van der Waals surface area contributed by atoms with Crippen molar-refractivity contribution in [3.63, 3.8) is 0 Å². The molecule has 2 heterocycles. The third-order valence-electron chi connectivity index (χ3n) is 3.77. The first kappa shape index (κ1) is 13.9. The van der Waals surface area contributed by atoms with Crippen LogP contribution in [0.3, 0.4) is 0 Å². The van der Waals surface area contributed by atoms with Crippen LogP contribution in [0.5, 0.6) is 0 Å². The molecule has 2 aromatic rings. The lowest BCUT2D eigenvalue weighted by atomic mass is 10.2. The zero-order chi connectivity index (χ0) is 14.7. The van der Waals surface area contributed by atoms with Crippen molar-refractivity contribution in [2.75, 3.05) is 23.3 Å². The highest BCUT2D eigenvalue weighted by molar-refractivity contribution is 5.57. The molecule has 4 nitrogen and oxygen atoms in total. The van der Waals surface area contributed by atoms with Crippen LogP contribution in [0.1, 0.15) is 30.4 Å². The lowest BCUT2D eigenvalue weighted by Gasteiger charge is -2.19. The molecular weight excluding hydrogens is 260 g/mol. The van der Waals surface area contributed by atoms with Gasteiger partial charge in [-0.25, -0.2) is 9.97 Å². The summed E-state index contributed by atoms with van der Waals surface area (Å²) in [5, 5.41) is 3.35. The first-order valence-electron chi connectivity index (χ1n) is 7.67. The highest BCUT2D eigenvalue weighted by Crippen LogP contribution is 2.28. The fraction of sp³-hybridized carbons (Fsp3) is 0.412. The molecule has 0 atom stereocenters. The number of fused-ring (bicyclic) bond motifs is 1. The highest BCUT2D eigenvalue weighted by Gasteiger charge is 2.19. The van der Waals surface area contributed by atoms with Gasteiger partial charge in [-0.2, -0.15) is 0 Å². The number of rotatable bonds is 5. The van der Waals surface area contributed by atoms with E-state index in [1.54, 1.807) is 0 Å². The van der Waals surface area contributed by atoms with Crippen LogP contribution in [0, 0.1) is 6.92 Å². The first-order valence-corrected chi connectivity index (χ1v) is 7.67. The van der Waals surface area contributed by atoms with E-state index in [9.17, 15) is 0 Å². The maximum absolute atomic E-state index is 4.64. The number of nitrogens with zero attached hydrogens (tertiary/aromatic N) is 3. The summed E-state index contributed by atoms with van der Waals surface area (Å²) in [5.74, 6) is 1.83. The van der Waals surface area contributed by atoms with Crippen molar-refractivity contribution in [1.82, 2.24) is 9.97 Å². The molecule has 0 radical (unpaired) electrons. The topological polar surface area (TPSA) is 41.1 Å². The molecule has 1 aromatic heterocycles. The number of hydrogen-bond donors (Lipinski definition) is 1. The Kier molecular flexibility index (Phi) is 4.04. The van der Waals surface area contributed by atoms with Crippen molar-refractivity contribution >= 4 is 11.5 Å². The Balaban J connectivity index is 1.78. The van der Waals surface area contributed by atoms with E-state index >= 15 is 0 Å². The summed E-state index contributed by atoms with van der Waals surface area (Å²) in [7, 11) is 0. The predicted octanol–water partition coefficient (Wildman–Crippen LogP) is 3.17. The molecular formula is C17H22N4. The van der Waals surface area contributed by atoms with Crippen LogP contribution in [0.2, 0.25) is 0 Å². The van der Waals surface area contributed by atoms with E-state index in [4.69, 9.17) is 0 Å². The average Bonchev–Trinajstić information content (AvgIpc) is 2.88. The molecule has 0 saturated carbocycles. The Morgan fingerprint density at radius 1 is 1.24 bits per heavy atom. The normalized spacial score (nSPS) is 13.3. The van der Waals surface area contributed by atoms with Gasteiger partial charge < -0.3 is 10.2 Å². The van der Waals surface area contributed by atoms with E-state index in [2.05, 4.69) is 51.4 Å². The minimum absolute atomic E-state index is 0.777. The quantitative estimate of drug-likeness (QED) is 0.914. The average molecular weight is 282 g/mol. The summed E-state index contributed by atoms with van der Waals surface area (Å²) in [6.07, 6.45) is 2.21. The molecule has 21 heavy (non-hydrogen) atoms. The van der Waals surface area contributed by atoms with Crippen molar-refractivity contribution in [1.29, 1.82) is 0 Å². The van der Waals surface area contributed by atoms with E-state index < -0.39 is 0 Å². The second-order valence-corrected chi connectivity index (χ2v) is 5.54. The van der Waals surface area contributed by atoms with Crippen LogP contribution in [-0.2, 0) is 13.0 Å². The van der Waals surface area contributed by atoms with Gasteiger partial charge in [-0.3, -0.25) is 0 Å². The monoisotopic (exact) mass is 282 g/mol. The number of nitrogens with one attached hydrogen (secondary N) is 1. The van der Waals surface area contributed by atoms with Crippen LogP contribution >= 0.6 is 0 Å². The Morgan fingerprint density at radius 3 is 2.95 bits per heavy atom. The number of para-hydroxylation sites is 1. The van der Waals surface area contributed by atoms with Crippen LogP contribution in [0.15, 0.2) is 30.3 Å². The van der Waals surface area contributed by atoms with Crippen molar-refractivity contribution < 1.29 is 0 Å². The second kappa shape index (κ2) is 6.12. The minimum Gasteiger partial charge on any atom is -0.370 e. The van der Waals surface area contributed by atoms with Gasteiger partial charge in [0, 0.05) is 30.5 Å². The Morgan fingerprint density at radius 2 is 2.10 bits per heavy atom. The molecule has 0 unspecified atom stereocenters. The zero-order valence-corrected chi connectivity index (χ0v) is 12.8. The molecule has 3 rings (SSSR count). The number of hydrogen-bond acceptors (Lipinski definition) is 4. The molecule has 1 aromatic carbocycles. The molecule has 0 bridgehead atoms. The number of anilines is 2. The summed E-state index contributed by atoms with van der Waals surface area (Å²) in [6, 6.07) is 10.6. The van der Waals surface area contributed by atoms with E-state index in [1.807, 2.05) is 13.0 Å². The van der Waals surface area contributed by atoms with Crippen molar-refractivity contribution in [2.45, 2.75) is 33.2 Å². The van der Waals surface area contributed by atoms with Gasteiger partial charge in [0.05, 0.1) is 6.54 Å². The maximum Gasteiger partial charge on any atom is 0.150 e. The maximum atomic E-state index is 4.64. The molecule has 0 aliphatic carbocycles. The third kappa shape index (κ3) is 3.15. The van der Waals surface area contributed by atoms with Gasteiger partial charge in [-0.1, -0.05) is 25.1 Å². The van der Waals surface area contributed by atoms with Gasteiger partial charge in [0.2, 0.25) is 0 Å². The van der Waals surface area contributed by atoms with Gasteiger partial charge in [0.1, 0.15) is 11.6 Å². The molecule has 0 fully saturated rings. The number of benzene rings is 1. The fourth-order valence-corrected chi connectivity index (χ4v) is 2.79. The zero-order valence-electron chi connectivity index (χ0n) is 12.8. The van der Waals surface area contributed by atoms with Crippen LogP contribution in [0.4, 0.5) is 11.5 Å². The fourth-order valence-electron chi connectivity index (χ4n) is 2.79. The summed E-state index contributed by atoms with van der Waals surface area (Å²) < 4.78 is 0. The summed E-state index contributed by atoms with van der Waals surface area (Å²) in [4.78, 5) is 11.6. The summed E-state index contributed by atoms with van der Waals surface area (Å²) >= 11 is 0. The van der Waals surface area contributed by atoms with Gasteiger partial charge in [0.25, 0.3) is 0 Å². The molecule has 0 amide bonds. The largest absolute Gasteiger partial charge is 0.370 e. The van der Waals surface area contributed by atoms with Crippen LogP contribution in [0.25, 0.3) is 0 Å². The smallest absolute Gasteiger partial charge is 0.150 e. The Labute approximate surface area is 126 Å². The lowest BCUT2D eigenvalue weighted by Crippen LogP contribution is -2.21. The number of aryl methyl sites for hydroxylation is 1. The van der Waals surface area contributed by atoms with Crippen molar-refractivity contribution in [2.24, 2.45) is 0 Å². The molecule has 4 heteroatoms. The Bertz CT molecular complexity index is 624. The van der Waals surface area contributed by atoms with E-state index in [-0.39, 0.29) is 0 Å². The lowest BCUT2D eigenvalue weighted by molar-refractivity contribution is 0.779. The minimum atomic E-state index is 0.777. The van der Waals surface area contributed by atoms with Gasteiger partial charge >= 0.3 is 0 Å². The summed E-state index contributed by atoms with van der Waals surface area (Å²) in [6.45, 7) is 6.96. The second-order valence-electron chi connectivity index (χ2n) is 5.54. The van der Waals surface area contributed by atoms with Crippen molar-refractivity contribution in [3.8, 4) is 0 Å². The van der Waals surface area contributed by atoms with Gasteiger partial charge in [0.15, 0.2) is 0 Å². The molecule has 110 valence electrons. The van der Waals surface area contributed by atoms with Crippen LogP contribution in [-0.4, -0.2) is 23.1 Å². The van der Waals surface area contributed by atoms with Gasteiger partial charge in [-0.05, 0) is 31.4 Å². The number of aromatic nitrogens is 2. The Hall–Kier alpha value is -2.10. The van der Waals surface area contributed by atoms with Crippen molar-refractivity contribution in [3.05, 3.63) is 47.4 Å². The third-order valence-corrected chi connectivity index (χ3v) is 3.77. The van der Waals surface area contributed by atoms with E-state index in [0.717, 1.165) is 49.8 Å². The van der Waals surface area contributed by atoms with Crippen LogP contribution < -0.4 is 10.2 Å². The van der Waals surface area contributed by atoms with E-state index in [0.29, 0.717) is 0 Å². The highest BCUT2D eigenvalue weighted by atomic mass is 15.2.